The summed E-state index contributed by atoms with van der Waals surface area (Å²) >= 11 is 0.718. The molecule has 0 aliphatic carbocycles. The zero-order valence-electron chi connectivity index (χ0n) is 7.69. The van der Waals surface area contributed by atoms with Crippen molar-refractivity contribution in [2.24, 2.45) is 0 Å². The lowest BCUT2D eigenvalue weighted by Crippen LogP contribution is -1.98. The molecule has 0 aliphatic heterocycles. The van der Waals surface area contributed by atoms with Gasteiger partial charge in [0.15, 0.2) is 0 Å². The van der Waals surface area contributed by atoms with Crippen LogP contribution in [0.5, 0.6) is 0 Å². The predicted octanol–water partition coefficient (Wildman–Crippen LogP) is 2.08. The SMILES string of the molecule is CCCCCCCSOS(=O)(=O)[O-]. The van der Waals surface area contributed by atoms with Crippen molar-refractivity contribution >= 4 is 22.4 Å². The fourth-order valence-electron chi connectivity index (χ4n) is 0.857. The van der Waals surface area contributed by atoms with Crippen molar-refractivity contribution < 1.29 is 16.6 Å². The van der Waals surface area contributed by atoms with Crippen molar-refractivity contribution in [3.63, 3.8) is 0 Å². The molecular weight excluding hydrogens is 212 g/mol. The van der Waals surface area contributed by atoms with Crippen LogP contribution in [0.1, 0.15) is 39.0 Å². The Hall–Kier alpha value is 0.220. The van der Waals surface area contributed by atoms with Crippen LogP contribution in [0.3, 0.4) is 0 Å². The van der Waals surface area contributed by atoms with Gasteiger partial charge in [0.2, 0.25) is 10.4 Å². The van der Waals surface area contributed by atoms with Crippen molar-refractivity contribution in [1.82, 2.24) is 0 Å². The van der Waals surface area contributed by atoms with Crippen molar-refractivity contribution in [3.8, 4) is 0 Å². The van der Waals surface area contributed by atoms with Gasteiger partial charge in [0.1, 0.15) is 0 Å². The molecule has 0 spiro atoms. The lowest BCUT2D eigenvalue weighted by atomic mass is 10.2. The van der Waals surface area contributed by atoms with Crippen LogP contribution in [0.25, 0.3) is 0 Å². The van der Waals surface area contributed by atoms with E-state index in [1.165, 1.54) is 12.8 Å². The molecule has 0 aromatic rings. The summed E-state index contributed by atoms with van der Waals surface area (Å²) in [4.78, 5) is 0. The van der Waals surface area contributed by atoms with Gasteiger partial charge < -0.3 is 4.55 Å². The van der Waals surface area contributed by atoms with E-state index >= 15 is 0 Å². The minimum atomic E-state index is -4.51. The van der Waals surface area contributed by atoms with E-state index in [0.29, 0.717) is 5.75 Å². The number of hydrogen-bond donors (Lipinski definition) is 0. The molecule has 0 aliphatic rings. The molecule has 4 nitrogen and oxygen atoms in total. The standard InChI is InChI=1S/C7H16O4S2/c1-2-3-4-5-6-7-12-11-13(8,9)10/h2-7H2,1H3,(H,8,9,10)/p-1. The second kappa shape index (κ2) is 7.61. The van der Waals surface area contributed by atoms with E-state index in [9.17, 15) is 13.0 Å². The summed E-state index contributed by atoms with van der Waals surface area (Å²) in [6, 6.07) is 0. The number of unbranched alkanes of at least 4 members (excludes halogenated alkanes) is 4. The normalized spacial score (nSPS) is 11.8. The molecule has 0 fully saturated rings. The summed E-state index contributed by atoms with van der Waals surface area (Å²) in [7, 11) is -4.51. The maximum atomic E-state index is 9.97. The Bertz CT molecular complexity index is 201. The van der Waals surface area contributed by atoms with Crippen LogP contribution in [0, 0.1) is 0 Å². The van der Waals surface area contributed by atoms with Gasteiger partial charge in [-0.25, -0.2) is 12.0 Å². The molecule has 0 unspecified atom stereocenters. The summed E-state index contributed by atoms with van der Waals surface area (Å²) in [5.41, 5.74) is 0. The van der Waals surface area contributed by atoms with Crippen LogP contribution in [0.15, 0.2) is 0 Å². The van der Waals surface area contributed by atoms with Crippen LogP contribution < -0.4 is 0 Å². The quantitative estimate of drug-likeness (QED) is 0.275. The Kier molecular flexibility index (Phi) is 7.74. The lowest BCUT2D eigenvalue weighted by molar-refractivity contribution is 0.391. The Morgan fingerprint density at radius 2 is 1.85 bits per heavy atom. The second-order valence-electron chi connectivity index (χ2n) is 2.71. The van der Waals surface area contributed by atoms with Gasteiger partial charge in [-0.2, -0.15) is 0 Å². The molecule has 0 radical (unpaired) electrons. The molecule has 0 aromatic carbocycles. The van der Waals surface area contributed by atoms with E-state index in [-0.39, 0.29) is 0 Å². The topological polar surface area (TPSA) is 66.4 Å². The van der Waals surface area contributed by atoms with E-state index in [0.717, 1.165) is 31.3 Å². The van der Waals surface area contributed by atoms with Crippen molar-refractivity contribution in [3.05, 3.63) is 0 Å². The molecule has 6 heteroatoms. The average Bonchev–Trinajstić information content (AvgIpc) is 2.01. The summed E-state index contributed by atoms with van der Waals surface area (Å²) in [5, 5.41) is 0. The second-order valence-corrected chi connectivity index (χ2v) is 4.72. The van der Waals surface area contributed by atoms with E-state index < -0.39 is 10.4 Å². The average molecular weight is 227 g/mol. The highest BCUT2D eigenvalue weighted by Gasteiger charge is 1.95. The van der Waals surface area contributed by atoms with Gasteiger partial charge in [-0.3, -0.25) is 0 Å². The van der Waals surface area contributed by atoms with Crippen LogP contribution in [-0.4, -0.2) is 18.7 Å². The molecule has 13 heavy (non-hydrogen) atoms. The molecule has 0 heterocycles. The number of rotatable bonds is 8. The lowest BCUT2D eigenvalue weighted by Gasteiger charge is -2.05. The number of hydrogen-bond acceptors (Lipinski definition) is 5. The molecule has 0 rings (SSSR count). The molecule has 0 aromatic heterocycles. The van der Waals surface area contributed by atoms with Gasteiger partial charge in [-0.1, -0.05) is 32.6 Å². The summed E-state index contributed by atoms with van der Waals surface area (Å²) < 4.78 is 33.9. The maximum absolute atomic E-state index is 9.97. The first kappa shape index (κ1) is 13.2. The predicted molar refractivity (Wildman–Crippen MR) is 52.0 cm³/mol. The monoisotopic (exact) mass is 227 g/mol. The van der Waals surface area contributed by atoms with Gasteiger partial charge in [-0.05, 0) is 6.42 Å². The summed E-state index contributed by atoms with van der Waals surface area (Å²) in [5.74, 6) is 0.561. The molecule has 0 saturated heterocycles. The Morgan fingerprint density at radius 1 is 1.23 bits per heavy atom. The van der Waals surface area contributed by atoms with E-state index in [4.69, 9.17) is 0 Å². The molecule has 0 N–H and O–H groups in total. The first-order valence-corrected chi connectivity index (χ1v) is 6.57. The molecule has 80 valence electrons. The molecule has 0 bridgehead atoms. The van der Waals surface area contributed by atoms with Crippen LogP contribution in [0.4, 0.5) is 0 Å². The highest BCUT2D eigenvalue weighted by Crippen LogP contribution is 2.11. The van der Waals surface area contributed by atoms with Crippen LogP contribution in [0.2, 0.25) is 0 Å². The highest BCUT2D eigenvalue weighted by atomic mass is 32.3. The van der Waals surface area contributed by atoms with Crippen molar-refractivity contribution in [1.29, 1.82) is 0 Å². The third kappa shape index (κ3) is 12.2. The van der Waals surface area contributed by atoms with Gasteiger partial charge in [0.05, 0.1) is 0 Å². The van der Waals surface area contributed by atoms with Gasteiger partial charge in [0.25, 0.3) is 0 Å². The fourth-order valence-corrected chi connectivity index (χ4v) is 1.92. The molecular formula is C7H15O4S2-. The van der Waals surface area contributed by atoms with Gasteiger partial charge in [0, 0.05) is 17.8 Å². The zero-order chi connectivity index (χ0) is 10.2. The minimum absolute atomic E-state index is 0.561. The molecule has 0 atom stereocenters. The van der Waals surface area contributed by atoms with Crippen LogP contribution in [-0.2, 0) is 14.0 Å². The zero-order valence-corrected chi connectivity index (χ0v) is 9.33. The van der Waals surface area contributed by atoms with E-state index in [2.05, 4.69) is 10.6 Å². The Balaban J connectivity index is 3.09. The molecule has 0 saturated carbocycles. The Labute approximate surface area is 84.2 Å². The molecule has 0 amide bonds. The Morgan fingerprint density at radius 3 is 2.38 bits per heavy atom. The van der Waals surface area contributed by atoms with Crippen molar-refractivity contribution in [2.45, 2.75) is 39.0 Å². The third-order valence-electron chi connectivity index (χ3n) is 1.46. The fraction of sp³-hybridized carbons (Fsp3) is 1.00. The smallest absolute Gasteiger partial charge is 0.228 e. The summed E-state index contributed by atoms with van der Waals surface area (Å²) in [6.45, 7) is 2.13. The third-order valence-corrected chi connectivity index (χ3v) is 2.97. The minimum Gasteiger partial charge on any atom is -0.725 e. The van der Waals surface area contributed by atoms with E-state index in [1.807, 2.05) is 0 Å². The van der Waals surface area contributed by atoms with Crippen LogP contribution >= 0.6 is 12.0 Å². The van der Waals surface area contributed by atoms with Gasteiger partial charge >= 0.3 is 0 Å². The summed E-state index contributed by atoms with van der Waals surface area (Å²) in [6.07, 6.45) is 5.48. The van der Waals surface area contributed by atoms with Gasteiger partial charge in [-0.15, -0.1) is 0 Å². The first-order chi connectivity index (χ1) is 6.06. The van der Waals surface area contributed by atoms with Crippen molar-refractivity contribution in [2.75, 3.05) is 5.75 Å². The van der Waals surface area contributed by atoms with E-state index in [1.54, 1.807) is 0 Å². The maximum Gasteiger partial charge on any atom is 0.228 e. The largest absolute Gasteiger partial charge is 0.725 e. The highest BCUT2D eigenvalue weighted by molar-refractivity contribution is 8.02. The first-order valence-electron chi connectivity index (χ1n) is 4.33.